The van der Waals surface area contributed by atoms with Crippen molar-refractivity contribution < 1.29 is 19.1 Å². The zero-order valence-electron chi connectivity index (χ0n) is 11.1. The summed E-state index contributed by atoms with van der Waals surface area (Å²) < 4.78 is 9.96. The summed E-state index contributed by atoms with van der Waals surface area (Å²) in [5, 5.41) is 4.82. The molecule has 0 fully saturated rings. The van der Waals surface area contributed by atoms with E-state index in [1.165, 1.54) is 0 Å². The maximum absolute atomic E-state index is 11.3. The van der Waals surface area contributed by atoms with Crippen LogP contribution in [0.1, 0.15) is 12.5 Å². The van der Waals surface area contributed by atoms with Gasteiger partial charge in [0.05, 0.1) is 6.61 Å². The fourth-order valence-electron chi connectivity index (χ4n) is 1.25. The molecule has 0 radical (unpaired) electrons. The van der Waals surface area contributed by atoms with E-state index < -0.39 is 12.0 Å². The van der Waals surface area contributed by atoms with Crippen molar-refractivity contribution in [1.29, 1.82) is 0 Å². The van der Waals surface area contributed by atoms with E-state index in [1.807, 2.05) is 31.2 Å². The normalized spacial score (nSPS) is 9.58. The molecule has 0 aromatic heterocycles. The van der Waals surface area contributed by atoms with Gasteiger partial charge in [0, 0.05) is 0 Å². The highest BCUT2D eigenvalue weighted by Crippen LogP contribution is 2.10. The number of carbonyl (C=O) groups is 2. The monoisotopic (exact) mass is 266 g/mol. The smallest absolute Gasteiger partial charge is 0.325 e. The van der Waals surface area contributed by atoms with Gasteiger partial charge in [0.25, 0.3) is 0 Å². The van der Waals surface area contributed by atoms with Crippen LogP contribution in [0.5, 0.6) is 5.75 Å². The second-order valence-corrected chi connectivity index (χ2v) is 3.77. The van der Waals surface area contributed by atoms with E-state index >= 15 is 0 Å². The first-order chi connectivity index (χ1) is 9.11. The van der Waals surface area contributed by atoms with Gasteiger partial charge in [-0.15, -0.1) is 0 Å². The van der Waals surface area contributed by atoms with Gasteiger partial charge < -0.3 is 20.1 Å². The van der Waals surface area contributed by atoms with E-state index in [9.17, 15) is 9.59 Å². The molecule has 0 unspecified atom stereocenters. The lowest BCUT2D eigenvalue weighted by molar-refractivity contribution is -0.141. The quantitative estimate of drug-likeness (QED) is 0.599. The molecule has 0 heterocycles. The van der Waals surface area contributed by atoms with Gasteiger partial charge in [-0.25, -0.2) is 4.79 Å². The summed E-state index contributed by atoms with van der Waals surface area (Å²) in [4.78, 5) is 22.3. The summed E-state index contributed by atoms with van der Waals surface area (Å²) in [5.41, 5.74) is 1.13. The Balaban J connectivity index is 2.16. The molecule has 1 aromatic carbocycles. The lowest BCUT2D eigenvalue weighted by Gasteiger charge is -2.09. The third-order valence-corrected chi connectivity index (χ3v) is 2.19. The second kappa shape index (κ2) is 7.97. The Kier molecular flexibility index (Phi) is 6.21. The number of rotatable bonds is 6. The van der Waals surface area contributed by atoms with Crippen LogP contribution in [-0.2, 0) is 9.53 Å². The molecular weight excluding hydrogens is 248 g/mol. The van der Waals surface area contributed by atoms with Crippen molar-refractivity contribution in [3.05, 3.63) is 29.8 Å². The average Bonchev–Trinajstić information content (AvgIpc) is 2.39. The minimum absolute atomic E-state index is 0.0255. The number of aryl methyl sites for hydroxylation is 1. The zero-order valence-corrected chi connectivity index (χ0v) is 11.1. The van der Waals surface area contributed by atoms with Crippen LogP contribution < -0.4 is 15.4 Å². The van der Waals surface area contributed by atoms with Gasteiger partial charge in [0.1, 0.15) is 12.3 Å². The van der Waals surface area contributed by atoms with Crippen LogP contribution >= 0.6 is 0 Å². The molecule has 0 aliphatic rings. The predicted octanol–water partition coefficient (Wildman–Crippen LogP) is 1.19. The molecule has 19 heavy (non-hydrogen) atoms. The second-order valence-electron chi connectivity index (χ2n) is 3.77. The van der Waals surface area contributed by atoms with Crippen LogP contribution in [0, 0.1) is 6.92 Å². The summed E-state index contributed by atoms with van der Waals surface area (Å²) in [6.07, 6.45) is 0. The number of amides is 2. The molecule has 0 aliphatic heterocycles. The van der Waals surface area contributed by atoms with E-state index in [2.05, 4.69) is 15.4 Å². The summed E-state index contributed by atoms with van der Waals surface area (Å²) in [5.74, 6) is 0.188. The van der Waals surface area contributed by atoms with Crippen LogP contribution in [-0.4, -0.2) is 31.9 Å². The Morgan fingerprint density at radius 2 is 1.84 bits per heavy atom. The van der Waals surface area contributed by atoms with Crippen molar-refractivity contribution in [2.75, 3.05) is 19.9 Å². The first-order valence-electron chi connectivity index (χ1n) is 5.98. The summed E-state index contributed by atoms with van der Waals surface area (Å²) in [6, 6.07) is 6.97. The molecule has 0 saturated carbocycles. The molecule has 6 heteroatoms. The highest BCUT2D eigenvalue weighted by molar-refractivity contribution is 5.80. The number of carbonyl (C=O) groups excluding carboxylic acids is 2. The lowest BCUT2D eigenvalue weighted by Crippen LogP contribution is -2.40. The molecule has 6 nitrogen and oxygen atoms in total. The summed E-state index contributed by atoms with van der Waals surface area (Å²) >= 11 is 0. The van der Waals surface area contributed by atoms with Gasteiger partial charge in [-0.2, -0.15) is 0 Å². The first kappa shape index (κ1) is 14.8. The third-order valence-electron chi connectivity index (χ3n) is 2.19. The third kappa shape index (κ3) is 6.30. The van der Waals surface area contributed by atoms with E-state index in [4.69, 9.17) is 4.74 Å². The molecule has 0 atom stereocenters. The minimum Gasteiger partial charge on any atom is -0.473 e. The molecule has 0 saturated heterocycles. The first-order valence-corrected chi connectivity index (χ1v) is 5.98. The van der Waals surface area contributed by atoms with Crippen molar-refractivity contribution in [2.24, 2.45) is 0 Å². The van der Waals surface area contributed by atoms with E-state index in [1.54, 1.807) is 6.92 Å². The van der Waals surface area contributed by atoms with Crippen molar-refractivity contribution >= 4 is 12.0 Å². The molecule has 2 amide bonds. The van der Waals surface area contributed by atoms with Crippen molar-refractivity contribution in [3.63, 3.8) is 0 Å². The average molecular weight is 266 g/mol. The molecule has 0 aliphatic carbocycles. The highest BCUT2D eigenvalue weighted by Gasteiger charge is 2.04. The molecule has 2 N–H and O–H groups in total. The number of nitrogens with one attached hydrogen (secondary N) is 2. The van der Waals surface area contributed by atoms with Crippen LogP contribution in [0.4, 0.5) is 4.79 Å². The predicted molar refractivity (Wildman–Crippen MR) is 69.8 cm³/mol. The Bertz CT molecular complexity index is 417. The molecule has 104 valence electrons. The number of urea groups is 1. The molecular formula is C13H18N2O4. The Morgan fingerprint density at radius 3 is 2.47 bits per heavy atom. The molecule has 0 spiro atoms. The fourth-order valence-corrected chi connectivity index (χ4v) is 1.25. The van der Waals surface area contributed by atoms with Crippen LogP contribution in [0.15, 0.2) is 24.3 Å². The van der Waals surface area contributed by atoms with Crippen molar-refractivity contribution in [1.82, 2.24) is 10.6 Å². The summed E-state index contributed by atoms with van der Waals surface area (Å²) in [7, 11) is 0. The van der Waals surface area contributed by atoms with Crippen LogP contribution in [0.2, 0.25) is 0 Å². The number of hydrogen-bond donors (Lipinski definition) is 2. The van der Waals surface area contributed by atoms with E-state index in [-0.39, 0.29) is 13.3 Å². The number of benzene rings is 1. The Morgan fingerprint density at radius 1 is 1.16 bits per heavy atom. The Labute approximate surface area is 112 Å². The fraction of sp³-hybridized carbons (Fsp3) is 0.385. The zero-order chi connectivity index (χ0) is 14.1. The molecule has 0 bridgehead atoms. The van der Waals surface area contributed by atoms with Gasteiger partial charge in [0.15, 0.2) is 6.73 Å². The Hall–Kier alpha value is -2.24. The van der Waals surface area contributed by atoms with Gasteiger partial charge in [-0.3, -0.25) is 4.79 Å². The van der Waals surface area contributed by atoms with Crippen molar-refractivity contribution in [3.8, 4) is 5.75 Å². The molecule has 1 aromatic rings. The van der Waals surface area contributed by atoms with Gasteiger partial charge >= 0.3 is 12.0 Å². The van der Waals surface area contributed by atoms with E-state index in [0.29, 0.717) is 12.4 Å². The van der Waals surface area contributed by atoms with Crippen LogP contribution in [0.3, 0.4) is 0 Å². The van der Waals surface area contributed by atoms with Crippen molar-refractivity contribution in [2.45, 2.75) is 13.8 Å². The number of hydrogen-bond acceptors (Lipinski definition) is 4. The molecule has 1 rings (SSSR count). The topological polar surface area (TPSA) is 76.7 Å². The lowest BCUT2D eigenvalue weighted by atomic mass is 10.2. The number of esters is 1. The summed E-state index contributed by atoms with van der Waals surface area (Å²) in [6.45, 7) is 3.83. The maximum Gasteiger partial charge on any atom is 0.325 e. The highest BCUT2D eigenvalue weighted by atomic mass is 16.5. The standard InChI is InChI=1S/C13H18N2O4/c1-3-18-12(16)8-14-13(17)15-9-19-11-6-4-10(2)5-7-11/h4-7H,3,8-9H2,1-2H3,(H2,14,15,17). The SMILES string of the molecule is CCOC(=O)CNC(=O)NCOc1ccc(C)cc1. The maximum atomic E-state index is 11.3. The van der Waals surface area contributed by atoms with E-state index in [0.717, 1.165) is 5.56 Å². The van der Waals surface area contributed by atoms with Gasteiger partial charge in [0.2, 0.25) is 0 Å². The number of ether oxygens (including phenoxy) is 2. The van der Waals surface area contributed by atoms with Crippen LogP contribution in [0.25, 0.3) is 0 Å². The van der Waals surface area contributed by atoms with Gasteiger partial charge in [-0.05, 0) is 26.0 Å². The van der Waals surface area contributed by atoms with Gasteiger partial charge in [-0.1, -0.05) is 17.7 Å². The minimum atomic E-state index is -0.486. The largest absolute Gasteiger partial charge is 0.473 e.